The van der Waals surface area contributed by atoms with Crippen molar-refractivity contribution in [3.8, 4) is 0 Å². The molecule has 5 heteroatoms. The number of benzene rings is 1. The van der Waals surface area contributed by atoms with E-state index in [1.807, 2.05) is 33.2 Å². The van der Waals surface area contributed by atoms with Gasteiger partial charge in [0.2, 0.25) is 0 Å². The summed E-state index contributed by atoms with van der Waals surface area (Å²) in [6.07, 6.45) is 8.25. The van der Waals surface area contributed by atoms with Crippen LogP contribution >= 0.6 is 0 Å². The van der Waals surface area contributed by atoms with E-state index in [9.17, 15) is 4.79 Å². The molecule has 0 spiro atoms. The number of ether oxygens (including phenoxy) is 1. The SMILES string of the molecule is CC(C)(C)OC(=O)N(CC1(CN2CCc3ccncc3C2)CC1)[C@H]1CC1c1ccccc1. The molecule has 0 N–H and O–H groups in total. The lowest BCUT2D eigenvalue weighted by Crippen LogP contribution is -2.45. The predicted molar refractivity (Wildman–Crippen MR) is 125 cm³/mol. The molecule has 1 unspecified atom stereocenters. The Morgan fingerprint density at radius 1 is 1.19 bits per heavy atom. The number of nitrogens with zero attached hydrogens (tertiary/aromatic N) is 3. The van der Waals surface area contributed by atoms with Crippen LogP contribution in [0.25, 0.3) is 0 Å². The molecule has 5 rings (SSSR count). The largest absolute Gasteiger partial charge is 0.444 e. The van der Waals surface area contributed by atoms with Gasteiger partial charge in [-0.05, 0) is 69.2 Å². The van der Waals surface area contributed by atoms with Gasteiger partial charge in [0.15, 0.2) is 0 Å². The number of amides is 1. The normalized spacial score (nSPS) is 23.8. The van der Waals surface area contributed by atoms with Crippen LogP contribution in [0.4, 0.5) is 4.79 Å². The van der Waals surface area contributed by atoms with Gasteiger partial charge in [0, 0.05) is 55.9 Å². The van der Waals surface area contributed by atoms with Gasteiger partial charge in [0.25, 0.3) is 0 Å². The summed E-state index contributed by atoms with van der Waals surface area (Å²) >= 11 is 0. The molecule has 2 atom stereocenters. The molecule has 2 aliphatic carbocycles. The molecular weight excluding hydrogens is 398 g/mol. The summed E-state index contributed by atoms with van der Waals surface area (Å²) in [4.78, 5) is 22.2. The van der Waals surface area contributed by atoms with Crippen LogP contribution in [0.1, 0.15) is 62.6 Å². The van der Waals surface area contributed by atoms with Crippen LogP contribution in [-0.4, -0.2) is 52.2 Å². The van der Waals surface area contributed by atoms with Crippen LogP contribution in [0.5, 0.6) is 0 Å². The van der Waals surface area contributed by atoms with Crippen LogP contribution in [0, 0.1) is 5.41 Å². The molecule has 5 nitrogen and oxygen atoms in total. The second-order valence-electron chi connectivity index (χ2n) is 11.0. The summed E-state index contributed by atoms with van der Waals surface area (Å²) in [7, 11) is 0. The highest BCUT2D eigenvalue weighted by Gasteiger charge is 2.52. The van der Waals surface area contributed by atoms with E-state index in [1.165, 1.54) is 29.5 Å². The Kier molecular flexibility index (Phi) is 5.48. The lowest BCUT2D eigenvalue weighted by atomic mass is 9.99. The van der Waals surface area contributed by atoms with E-state index in [-0.39, 0.29) is 17.6 Å². The fourth-order valence-corrected chi connectivity index (χ4v) is 5.18. The Labute approximate surface area is 191 Å². The minimum atomic E-state index is -0.479. The molecule has 3 aliphatic rings. The number of pyridine rings is 1. The van der Waals surface area contributed by atoms with E-state index < -0.39 is 5.60 Å². The standard InChI is InChI=1S/C27H35N3O2/c1-26(2,3)32-25(31)30(24-15-23(24)21-7-5-4-6-8-21)19-27(11-12-27)18-29-14-10-20-9-13-28-16-22(20)17-29/h4-9,13,16,23-24H,10-12,14-15,17-19H2,1-3H3/t23?,24-/m0/s1. The summed E-state index contributed by atoms with van der Waals surface area (Å²) in [5, 5.41) is 0. The molecule has 2 saturated carbocycles. The first kappa shape index (κ1) is 21.4. The van der Waals surface area contributed by atoms with Crippen molar-refractivity contribution in [2.75, 3.05) is 19.6 Å². The van der Waals surface area contributed by atoms with Crippen molar-refractivity contribution in [3.05, 3.63) is 65.5 Å². The number of fused-ring (bicyclic) bond motifs is 1. The lowest BCUT2D eigenvalue weighted by molar-refractivity contribution is 0.0168. The second kappa shape index (κ2) is 8.18. The number of hydrogen-bond acceptors (Lipinski definition) is 4. The highest BCUT2D eigenvalue weighted by molar-refractivity contribution is 5.69. The Hall–Kier alpha value is -2.40. The molecule has 0 bridgehead atoms. The van der Waals surface area contributed by atoms with Gasteiger partial charge in [-0.25, -0.2) is 4.79 Å². The molecule has 1 aromatic carbocycles. The maximum absolute atomic E-state index is 13.3. The summed E-state index contributed by atoms with van der Waals surface area (Å²) in [5.41, 5.74) is 3.83. The van der Waals surface area contributed by atoms with Crippen molar-refractivity contribution in [1.29, 1.82) is 0 Å². The third-order valence-corrected chi connectivity index (χ3v) is 7.13. The van der Waals surface area contributed by atoms with Crippen molar-refractivity contribution in [2.24, 2.45) is 5.41 Å². The highest BCUT2D eigenvalue weighted by atomic mass is 16.6. The van der Waals surface area contributed by atoms with E-state index in [0.717, 1.165) is 39.0 Å². The van der Waals surface area contributed by atoms with Gasteiger partial charge in [-0.3, -0.25) is 9.88 Å². The second-order valence-corrected chi connectivity index (χ2v) is 11.0. The van der Waals surface area contributed by atoms with Crippen molar-refractivity contribution in [1.82, 2.24) is 14.8 Å². The number of aromatic nitrogens is 1. The Bertz CT molecular complexity index is 964. The minimum absolute atomic E-state index is 0.152. The van der Waals surface area contributed by atoms with Crippen LogP contribution in [-0.2, 0) is 17.7 Å². The maximum atomic E-state index is 13.3. The number of carbonyl (C=O) groups excluding carboxylic acids is 1. The van der Waals surface area contributed by atoms with Gasteiger partial charge >= 0.3 is 6.09 Å². The molecule has 1 aliphatic heterocycles. The van der Waals surface area contributed by atoms with Gasteiger partial charge in [-0.15, -0.1) is 0 Å². The van der Waals surface area contributed by atoms with E-state index in [4.69, 9.17) is 4.74 Å². The number of carbonyl (C=O) groups is 1. The molecule has 2 aromatic rings. The van der Waals surface area contributed by atoms with Crippen LogP contribution in [0.3, 0.4) is 0 Å². The van der Waals surface area contributed by atoms with Crippen molar-refractivity contribution in [2.45, 2.75) is 70.6 Å². The number of hydrogen-bond donors (Lipinski definition) is 0. The zero-order chi connectivity index (χ0) is 22.3. The van der Waals surface area contributed by atoms with Gasteiger partial charge in [-0.2, -0.15) is 0 Å². The first-order valence-corrected chi connectivity index (χ1v) is 12.0. The number of rotatable bonds is 6. The molecule has 2 heterocycles. The van der Waals surface area contributed by atoms with Crippen LogP contribution < -0.4 is 0 Å². The smallest absolute Gasteiger partial charge is 0.410 e. The highest BCUT2D eigenvalue weighted by Crippen LogP contribution is 2.52. The average Bonchev–Trinajstić information content (AvgIpc) is 3.68. The van der Waals surface area contributed by atoms with Crippen molar-refractivity contribution in [3.63, 3.8) is 0 Å². The zero-order valence-corrected chi connectivity index (χ0v) is 19.6. The third-order valence-electron chi connectivity index (χ3n) is 7.13. The molecular formula is C27H35N3O2. The Balaban J connectivity index is 1.28. The molecule has 2 fully saturated rings. The summed E-state index contributed by atoms with van der Waals surface area (Å²) in [5.74, 6) is 0.424. The molecule has 1 aromatic heterocycles. The van der Waals surface area contributed by atoms with Crippen molar-refractivity contribution >= 4 is 6.09 Å². The van der Waals surface area contributed by atoms with Gasteiger partial charge in [0.1, 0.15) is 5.60 Å². The maximum Gasteiger partial charge on any atom is 0.410 e. The third kappa shape index (κ3) is 4.83. The van der Waals surface area contributed by atoms with E-state index in [0.29, 0.717) is 5.92 Å². The Morgan fingerprint density at radius 2 is 1.97 bits per heavy atom. The first-order chi connectivity index (χ1) is 15.3. The van der Waals surface area contributed by atoms with Crippen LogP contribution in [0.2, 0.25) is 0 Å². The minimum Gasteiger partial charge on any atom is -0.444 e. The fourth-order valence-electron chi connectivity index (χ4n) is 5.18. The topological polar surface area (TPSA) is 45.7 Å². The quantitative estimate of drug-likeness (QED) is 0.642. The lowest BCUT2D eigenvalue weighted by Gasteiger charge is -2.35. The summed E-state index contributed by atoms with van der Waals surface area (Å²) in [6, 6.07) is 13.0. The van der Waals surface area contributed by atoms with E-state index in [2.05, 4.69) is 51.2 Å². The first-order valence-electron chi connectivity index (χ1n) is 12.0. The Morgan fingerprint density at radius 3 is 2.69 bits per heavy atom. The van der Waals surface area contributed by atoms with Crippen molar-refractivity contribution < 1.29 is 9.53 Å². The molecule has 0 radical (unpaired) electrons. The van der Waals surface area contributed by atoms with Gasteiger partial charge in [0.05, 0.1) is 0 Å². The van der Waals surface area contributed by atoms with Gasteiger partial charge < -0.3 is 9.64 Å². The van der Waals surface area contributed by atoms with E-state index in [1.54, 1.807) is 0 Å². The molecule has 32 heavy (non-hydrogen) atoms. The van der Waals surface area contributed by atoms with Gasteiger partial charge in [-0.1, -0.05) is 30.3 Å². The zero-order valence-electron chi connectivity index (χ0n) is 19.6. The monoisotopic (exact) mass is 433 g/mol. The predicted octanol–water partition coefficient (Wildman–Crippen LogP) is 5.01. The average molecular weight is 434 g/mol. The molecule has 1 amide bonds. The fraction of sp³-hybridized carbons (Fsp3) is 0.556. The molecule has 170 valence electrons. The van der Waals surface area contributed by atoms with Crippen LogP contribution in [0.15, 0.2) is 48.8 Å². The summed E-state index contributed by atoms with van der Waals surface area (Å²) < 4.78 is 5.86. The molecule has 0 saturated heterocycles. The van der Waals surface area contributed by atoms with E-state index >= 15 is 0 Å². The summed E-state index contributed by atoms with van der Waals surface area (Å²) in [6.45, 7) is 9.76.